The van der Waals surface area contributed by atoms with E-state index in [9.17, 15) is 9.90 Å². The number of nitrogens with zero attached hydrogens (tertiary/aromatic N) is 2. The smallest absolute Gasteiger partial charge is 0.262 e. The largest absolute Gasteiger partial charge is 0.505 e. The third-order valence-electron chi connectivity index (χ3n) is 2.68. The van der Waals surface area contributed by atoms with Crippen LogP contribution in [0, 0.1) is 6.92 Å². The summed E-state index contributed by atoms with van der Waals surface area (Å²) in [6.07, 6.45) is 2.28. The van der Waals surface area contributed by atoms with Gasteiger partial charge < -0.3 is 5.11 Å². The molecule has 2 aromatic rings. The normalized spacial score (nSPS) is 11.0. The number of benzene rings is 1. The van der Waals surface area contributed by atoms with Crippen LogP contribution in [0.1, 0.15) is 18.9 Å². The van der Waals surface area contributed by atoms with Crippen molar-refractivity contribution in [2.75, 3.05) is 0 Å². The highest BCUT2D eigenvalue weighted by Crippen LogP contribution is 2.30. The lowest BCUT2D eigenvalue weighted by molar-refractivity contribution is 0.475. The van der Waals surface area contributed by atoms with Crippen molar-refractivity contribution in [2.24, 2.45) is 0 Å². The van der Waals surface area contributed by atoms with Crippen LogP contribution in [-0.2, 0) is 6.54 Å². The molecule has 0 saturated heterocycles. The third kappa shape index (κ3) is 1.89. The fourth-order valence-electron chi connectivity index (χ4n) is 1.80. The van der Waals surface area contributed by atoms with Gasteiger partial charge in [0.2, 0.25) is 0 Å². The zero-order chi connectivity index (χ0) is 12.6. The second kappa shape index (κ2) is 4.37. The van der Waals surface area contributed by atoms with Crippen molar-refractivity contribution < 1.29 is 5.11 Å². The van der Waals surface area contributed by atoms with E-state index in [-0.39, 0.29) is 22.2 Å². The summed E-state index contributed by atoms with van der Waals surface area (Å²) < 4.78 is 1.50. The lowest BCUT2D eigenvalue weighted by Crippen LogP contribution is -2.20. The third-order valence-corrected chi connectivity index (χ3v) is 2.98. The Bertz CT molecular complexity index is 634. The van der Waals surface area contributed by atoms with Crippen LogP contribution in [0.4, 0.5) is 0 Å². The molecule has 4 nitrogen and oxygen atoms in total. The summed E-state index contributed by atoms with van der Waals surface area (Å²) in [6.45, 7) is 4.29. The van der Waals surface area contributed by atoms with E-state index in [0.29, 0.717) is 17.1 Å². The quantitative estimate of drug-likeness (QED) is 0.893. The minimum absolute atomic E-state index is 0.0187. The highest BCUT2D eigenvalue weighted by Gasteiger charge is 2.13. The first-order valence-corrected chi connectivity index (χ1v) is 5.81. The Hall–Kier alpha value is -1.55. The van der Waals surface area contributed by atoms with Gasteiger partial charge >= 0.3 is 0 Å². The Morgan fingerprint density at radius 2 is 2.24 bits per heavy atom. The Labute approximate surface area is 103 Å². The monoisotopic (exact) mass is 252 g/mol. The molecule has 0 amide bonds. The van der Waals surface area contributed by atoms with Gasteiger partial charge in [-0.3, -0.25) is 9.36 Å². The van der Waals surface area contributed by atoms with Gasteiger partial charge in [-0.05, 0) is 25.0 Å². The molecular formula is C12H13ClN2O2. The number of phenolic OH excluding ortho intramolecular Hbond substituents is 1. The first kappa shape index (κ1) is 11.9. The van der Waals surface area contributed by atoms with Crippen LogP contribution in [0.15, 0.2) is 17.2 Å². The van der Waals surface area contributed by atoms with E-state index in [4.69, 9.17) is 11.6 Å². The van der Waals surface area contributed by atoms with Crippen LogP contribution in [0.25, 0.3) is 10.9 Å². The molecule has 17 heavy (non-hydrogen) atoms. The number of aromatic hydroxyl groups is 1. The zero-order valence-electron chi connectivity index (χ0n) is 9.70. The van der Waals surface area contributed by atoms with Crippen LogP contribution in [0.5, 0.6) is 5.75 Å². The minimum Gasteiger partial charge on any atom is -0.505 e. The Morgan fingerprint density at radius 3 is 2.88 bits per heavy atom. The summed E-state index contributed by atoms with van der Waals surface area (Å²) in [5, 5.41) is 10.5. The van der Waals surface area contributed by atoms with Crippen molar-refractivity contribution in [1.82, 2.24) is 9.55 Å². The van der Waals surface area contributed by atoms with Gasteiger partial charge in [-0.15, -0.1) is 0 Å². The van der Waals surface area contributed by atoms with E-state index in [1.54, 1.807) is 13.0 Å². The predicted octanol–water partition coefficient (Wildman–Crippen LogP) is 2.47. The molecule has 0 unspecified atom stereocenters. The molecule has 0 aliphatic carbocycles. The number of hydrogen-bond donors (Lipinski definition) is 1. The molecule has 0 aliphatic heterocycles. The second-order valence-corrected chi connectivity index (χ2v) is 4.40. The minimum atomic E-state index is -0.211. The van der Waals surface area contributed by atoms with Crippen LogP contribution in [0.2, 0.25) is 5.02 Å². The summed E-state index contributed by atoms with van der Waals surface area (Å²) in [4.78, 5) is 16.2. The van der Waals surface area contributed by atoms with Crippen molar-refractivity contribution >= 4 is 22.5 Å². The summed E-state index contributed by atoms with van der Waals surface area (Å²) >= 11 is 6.05. The van der Waals surface area contributed by atoms with Crippen molar-refractivity contribution in [3.8, 4) is 5.75 Å². The summed E-state index contributed by atoms with van der Waals surface area (Å²) in [6, 6.07) is 1.58. The van der Waals surface area contributed by atoms with Gasteiger partial charge in [0.1, 0.15) is 11.3 Å². The lowest BCUT2D eigenvalue weighted by atomic mass is 10.1. The van der Waals surface area contributed by atoms with Gasteiger partial charge in [-0.2, -0.15) is 0 Å². The molecule has 0 atom stereocenters. The Balaban J connectivity index is 2.87. The van der Waals surface area contributed by atoms with Crippen LogP contribution in [-0.4, -0.2) is 14.7 Å². The second-order valence-electron chi connectivity index (χ2n) is 3.99. The molecule has 0 aliphatic rings. The van der Waals surface area contributed by atoms with Crippen molar-refractivity contribution in [1.29, 1.82) is 0 Å². The molecule has 90 valence electrons. The number of fused-ring (bicyclic) bond motifs is 1. The number of phenols is 1. The van der Waals surface area contributed by atoms with E-state index >= 15 is 0 Å². The van der Waals surface area contributed by atoms with Crippen LogP contribution < -0.4 is 5.56 Å². The fraction of sp³-hybridized carbons (Fsp3) is 0.333. The topological polar surface area (TPSA) is 55.1 Å². The molecule has 2 rings (SSSR count). The van der Waals surface area contributed by atoms with E-state index in [0.717, 1.165) is 6.42 Å². The Morgan fingerprint density at radius 1 is 1.53 bits per heavy atom. The van der Waals surface area contributed by atoms with E-state index in [1.807, 2.05) is 6.92 Å². The molecule has 1 N–H and O–H groups in total. The van der Waals surface area contributed by atoms with Crippen molar-refractivity contribution in [3.05, 3.63) is 33.3 Å². The predicted molar refractivity (Wildman–Crippen MR) is 67.7 cm³/mol. The Kier molecular flexibility index (Phi) is 3.07. The van der Waals surface area contributed by atoms with Gasteiger partial charge in [0, 0.05) is 6.54 Å². The van der Waals surface area contributed by atoms with Gasteiger partial charge in [0.05, 0.1) is 16.7 Å². The maximum atomic E-state index is 12.1. The van der Waals surface area contributed by atoms with Crippen molar-refractivity contribution in [2.45, 2.75) is 26.8 Å². The molecule has 0 spiro atoms. The molecule has 1 heterocycles. The van der Waals surface area contributed by atoms with Crippen molar-refractivity contribution in [3.63, 3.8) is 0 Å². The molecule has 0 radical (unpaired) electrons. The van der Waals surface area contributed by atoms with E-state index < -0.39 is 0 Å². The first-order chi connectivity index (χ1) is 8.06. The summed E-state index contributed by atoms with van der Waals surface area (Å²) in [5.74, 6) is 0.0187. The molecule has 5 heteroatoms. The average Bonchev–Trinajstić information content (AvgIpc) is 2.29. The SMILES string of the molecule is CCCn1cnc2c(O)c(C)cc(Cl)c2c1=O. The molecule has 0 fully saturated rings. The van der Waals surface area contributed by atoms with Gasteiger partial charge in [-0.25, -0.2) is 4.98 Å². The standard InChI is InChI=1S/C12H13ClN2O2/c1-3-4-15-6-14-10-9(12(15)17)8(13)5-7(2)11(10)16/h5-6,16H,3-4H2,1-2H3. The van der Waals surface area contributed by atoms with E-state index in [2.05, 4.69) is 4.98 Å². The fourth-order valence-corrected chi connectivity index (χ4v) is 2.14. The number of halogens is 1. The highest BCUT2D eigenvalue weighted by molar-refractivity contribution is 6.35. The number of aromatic nitrogens is 2. The molecular weight excluding hydrogens is 240 g/mol. The van der Waals surface area contributed by atoms with Crippen LogP contribution >= 0.6 is 11.6 Å². The first-order valence-electron chi connectivity index (χ1n) is 5.43. The molecule has 0 bridgehead atoms. The van der Waals surface area contributed by atoms with E-state index in [1.165, 1.54) is 10.9 Å². The molecule has 0 saturated carbocycles. The van der Waals surface area contributed by atoms with Gasteiger partial charge in [-0.1, -0.05) is 18.5 Å². The number of hydrogen-bond acceptors (Lipinski definition) is 3. The van der Waals surface area contributed by atoms with Gasteiger partial charge in [0.25, 0.3) is 5.56 Å². The molecule has 1 aromatic heterocycles. The highest BCUT2D eigenvalue weighted by atomic mass is 35.5. The number of aryl methyl sites for hydroxylation is 2. The maximum absolute atomic E-state index is 12.1. The summed E-state index contributed by atoms with van der Waals surface area (Å²) in [5.41, 5.74) is 0.673. The molecule has 1 aromatic carbocycles. The lowest BCUT2D eigenvalue weighted by Gasteiger charge is -2.08. The zero-order valence-corrected chi connectivity index (χ0v) is 10.5. The number of rotatable bonds is 2. The van der Waals surface area contributed by atoms with Crippen LogP contribution in [0.3, 0.4) is 0 Å². The average molecular weight is 253 g/mol. The summed E-state index contributed by atoms with van der Waals surface area (Å²) in [7, 11) is 0. The maximum Gasteiger partial charge on any atom is 0.262 e. The van der Waals surface area contributed by atoms with Gasteiger partial charge in [0.15, 0.2) is 0 Å².